The van der Waals surface area contributed by atoms with E-state index in [-0.39, 0.29) is 5.24 Å². The molecule has 1 nitrogen and oxygen atoms in total. The first kappa shape index (κ1) is 11.9. The predicted octanol–water partition coefficient (Wildman–Crippen LogP) is 3.98. The topological polar surface area (TPSA) is 17.1 Å². The lowest BCUT2D eigenvalue weighted by Gasteiger charge is -2.19. The molecule has 0 unspecified atom stereocenters. The molecule has 0 saturated heterocycles. The predicted molar refractivity (Wildman–Crippen MR) is 62.2 cm³/mol. The highest BCUT2D eigenvalue weighted by atomic mass is 35.5. The van der Waals surface area contributed by atoms with E-state index in [1.807, 2.05) is 18.2 Å². The second-order valence-corrected chi connectivity index (χ2v) is 5.73. The molecule has 0 N–H and O–H groups in total. The van der Waals surface area contributed by atoms with E-state index in [4.69, 9.17) is 23.2 Å². The summed E-state index contributed by atoms with van der Waals surface area (Å²) in [7, 11) is 0. The van der Waals surface area contributed by atoms with Gasteiger partial charge in [-0.2, -0.15) is 0 Å². The lowest BCUT2D eigenvalue weighted by molar-refractivity contribution is -0.113. The zero-order chi connectivity index (χ0) is 10.8. The lowest BCUT2D eigenvalue weighted by atomic mass is 10.2. The second kappa shape index (κ2) is 4.56. The Hall–Kier alpha value is -0.180. The molecule has 0 heterocycles. The van der Waals surface area contributed by atoms with Crippen LogP contribution in [0, 0.1) is 0 Å². The van der Waals surface area contributed by atoms with Gasteiger partial charge in [-0.3, -0.25) is 4.79 Å². The van der Waals surface area contributed by atoms with Gasteiger partial charge in [0.2, 0.25) is 5.24 Å². The molecule has 0 saturated carbocycles. The Morgan fingerprint density at radius 2 is 1.93 bits per heavy atom. The second-order valence-electron chi connectivity index (χ2n) is 3.32. The van der Waals surface area contributed by atoms with Gasteiger partial charge in [-0.05, 0) is 37.6 Å². The van der Waals surface area contributed by atoms with Crippen molar-refractivity contribution < 1.29 is 4.79 Å². The van der Waals surface area contributed by atoms with Gasteiger partial charge < -0.3 is 0 Å². The third kappa shape index (κ3) is 2.91. The number of hydrogen-bond acceptors (Lipinski definition) is 2. The average molecular weight is 249 g/mol. The van der Waals surface area contributed by atoms with Crippen LogP contribution in [0.15, 0.2) is 29.2 Å². The first-order valence-corrected chi connectivity index (χ1v) is 5.64. The molecule has 1 aromatic carbocycles. The van der Waals surface area contributed by atoms with E-state index in [0.717, 1.165) is 4.90 Å². The van der Waals surface area contributed by atoms with Crippen LogP contribution in [0.25, 0.3) is 0 Å². The van der Waals surface area contributed by atoms with Crippen LogP contribution < -0.4 is 0 Å². The van der Waals surface area contributed by atoms with Crippen molar-refractivity contribution in [2.45, 2.75) is 23.5 Å². The molecular formula is C10H10Cl2OS. The highest BCUT2D eigenvalue weighted by Gasteiger charge is 2.27. The molecule has 0 amide bonds. The zero-order valence-electron chi connectivity index (χ0n) is 7.88. The normalized spacial score (nSPS) is 11.4. The van der Waals surface area contributed by atoms with E-state index in [1.54, 1.807) is 19.9 Å². The number of thioether (sulfide) groups is 1. The Balaban J connectivity index is 2.89. The van der Waals surface area contributed by atoms with Crippen molar-refractivity contribution in [3.63, 3.8) is 0 Å². The molecule has 0 spiro atoms. The molecule has 0 aliphatic rings. The van der Waals surface area contributed by atoms with E-state index in [0.29, 0.717) is 5.02 Å². The molecule has 0 fully saturated rings. The van der Waals surface area contributed by atoms with E-state index in [9.17, 15) is 4.79 Å². The van der Waals surface area contributed by atoms with Crippen molar-refractivity contribution in [2.24, 2.45) is 0 Å². The molecule has 0 aromatic heterocycles. The van der Waals surface area contributed by atoms with Gasteiger partial charge in [0.25, 0.3) is 0 Å². The number of carbonyl (C=O) groups excluding carboxylic acids is 1. The lowest BCUT2D eigenvalue weighted by Crippen LogP contribution is -2.22. The van der Waals surface area contributed by atoms with Crippen molar-refractivity contribution in [1.29, 1.82) is 0 Å². The molecule has 1 rings (SSSR count). The third-order valence-electron chi connectivity index (χ3n) is 1.68. The Kier molecular flexibility index (Phi) is 3.87. The van der Waals surface area contributed by atoms with Gasteiger partial charge in [-0.1, -0.05) is 23.7 Å². The molecule has 0 aliphatic heterocycles. The molecule has 4 heteroatoms. The zero-order valence-corrected chi connectivity index (χ0v) is 10.2. The first-order chi connectivity index (χ1) is 6.43. The van der Waals surface area contributed by atoms with Crippen LogP contribution in [0.3, 0.4) is 0 Å². The minimum Gasteiger partial charge on any atom is -0.280 e. The van der Waals surface area contributed by atoms with Gasteiger partial charge in [-0.15, -0.1) is 11.8 Å². The van der Waals surface area contributed by atoms with Crippen LogP contribution in [0.2, 0.25) is 5.02 Å². The van der Waals surface area contributed by atoms with Gasteiger partial charge in [0.15, 0.2) is 0 Å². The van der Waals surface area contributed by atoms with Crippen LogP contribution in [0.4, 0.5) is 0 Å². The quantitative estimate of drug-likeness (QED) is 0.595. The molecule has 0 atom stereocenters. The fourth-order valence-electron chi connectivity index (χ4n) is 0.843. The van der Waals surface area contributed by atoms with E-state index < -0.39 is 4.75 Å². The number of halogens is 2. The molecule has 1 aromatic rings. The Bertz CT molecular complexity index is 350. The summed E-state index contributed by atoms with van der Waals surface area (Å²) in [6.07, 6.45) is 0. The summed E-state index contributed by atoms with van der Waals surface area (Å²) in [5.74, 6) is 0. The van der Waals surface area contributed by atoms with Crippen LogP contribution in [-0.2, 0) is 4.79 Å². The Morgan fingerprint density at radius 3 is 2.43 bits per heavy atom. The highest BCUT2D eigenvalue weighted by Crippen LogP contribution is 2.37. The summed E-state index contributed by atoms with van der Waals surface area (Å²) in [5, 5.41) is 0.269. The molecule has 0 bridgehead atoms. The van der Waals surface area contributed by atoms with Crippen LogP contribution in [0.5, 0.6) is 0 Å². The minimum absolute atomic E-state index is 0.373. The van der Waals surface area contributed by atoms with Crippen molar-refractivity contribution in [3.05, 3.63) is 29.3 Å². The van der Waals surface area contributed by atoms with E-state index in [1.165, 1.54) is 11.8 Å². The van der Waals surface area contributed by atoms with Crippen molar-refractivity contribution in [2.75, 3.05) is 0 Å². The standard InChI is InChI=1S/C10H10Cl2OS/c1-10(2,9(12)13)14-8-6-4-3-5-7(8)11/h3-6H,1-2H3. The molecule has 0 radical (unpaired) electrons. The smallest absolute Gasteiger partial charge is 0.237 e. The van der Waals surface area contributed by atoms with Gasteiger partial charge in [0, 0.05) is 4.90 Å². The van der Waals surface area contributed by atoms with Gasteiger partial charge in [0.05, 0.1) is 9.77 Å². The maximum absolute atomic E-state index is 11.1. The molecule has 14 heavy (non-hydrogen) atoms. The fourth-order valence-corrected chi connectivity index (χ4v) is 2.15. The summed E-state index contributed by atoms with van der Waals surface area (Å²) < 4.78 is -0.646. The van der Waals surface area contributed by atoms with Gasteiger partial charge >= 0.3 is 0 Å². The molecule has 76 valence electrons. The summed E-state index contributed by atoms with van der Waals surface area (Å²) in [6.45, 7) is 3.55. The van der Waals surface area contributed by atoms with Crippen molar-refractivity contribution in [3.8, 4) is 0 Å². The number of hydrogen-bond donors (Lipinski definition) is 0. The average Bonchev–Trinajstić information content (AvgIpc) is 2.08. The molecule has 0 aliphatic carbocycles. The summed E-state index contributed by atoms with van der Waals surface area (Å²) in [4.78, 5) is 12.0. The first-order valence-electron chi connectivity index (χ1n) is 4.07. The van der Waals surface area contributed by atoms with Crippen LogP contribution >= 0.6 is 35.0 Å². The SMILES string of the molecule is CC(C)(Sc1ccccc1Cl)C(=O)Cl. The van der Waals surface area contributed by atoms with Crippen molar-refractivity contribution in [1.82, 2.24) is 0 Å². The van der Waals surface area contributed by atoms with E-state index in [2.05, 4.69) is 0 Å². The summed E-state index contributed by atoms with van der Waals surface area (Å²) in [5.41, 5.74) is 0. The Morgan fingerprint density at radius 1 is 1.36 bits per heavy atom. The number of benzene rings is 1. The Labute approximate surface area is 97.8 Å². The van der Waals surface area contributed by atoms with Gasteiger partial charge in [-0.25, -0.2) is 0 Å². The number of rotatable bonds is 3. The largest absolute Gasteiger partial charge is 0.280 e. The van der Waals surface area contributed by atoms with E-state index >= 15 is 0 Å². The fraction of sp³-hybridized carbons (Fsp3) is 0.300. The monoisotopic (exact) mass is 248 g/mol. The highest BCUT2D eigenvalue weighted by molar-refractivity contribution is 8.01. The molecular weight excluding hydrogens is 239 g/mol. The third-order valence-corrected chi connectivity index (χ3v) is 3.97. The minimum atomic E-state index is -0.646. The van der Waals surface area contributed by atoms with Crippen LogP contribution in [0.1, 0.15) is 13.8 Å². The van der Waals surface area contributed by atoms with Gasteiger partial charge in [0.1, 0.15) is 0 Å². The maximum Gasteiger partial charge on any atom is 0.237 e. The number of carbonyl (C=O) groups is 1. The summed E-state index contributed by atoms with van der Waals surface area (Å²) in [6, 6.07) is 7.39. The van der Waals surface area contributed by atoms with Crippen molar-refractivity contribution >= 4 is 40.2 Å². The summed E-state index contributed by atoms with van der Waals surface area (Å²) >= 11 is 12.8. The van der Waals surface area contributed by atoms with Crippen LogP contribution in [-0.4, -0.2) is 9.99 Å². The maximum atomic E-state index is 11.1.